The van der Waals surface area contributed by atoms with E-state index < -0.39 is 62.0 Å². The molecule has 0 bridgehead atoms. The third kappa shape index (κ3) is 11.6. The number of carbonyl (C=O) groups excluding carboxylic acids is 3. The van der Waals surface area contributed by atoms with E-state index in [0.29, 0.717) is 0 Å². The molecule has 1 radical (unpaired) electrons. The van der Waals surface area contributed by atoms with E-state index in [9.17, 15) is 50.1 Å². The SMILES string of the molecule is CC(O)CN1CCN(C(CO)C(=O)[O-])CCN(C(CO)C(=O)[O-])CCN(C(CO)C(=O)[O-])CC1.[Gd+3]. The fraction of sp³-hybridized carbons (Fsp3) is 0.850. The number of hydrogen-bond donors (Lipinski definition) is 4. The van der Waals surface area contributed by atoms with Gasteiger partial charge >= 0.3 is 39.9 Å². The van der Waals surface area contributed by atoms with Crippen LogP contribution in [0.3, 0.4) is 0 Å². The Morgan fingerprint density at radius 2 is 0.914 bits per heavy atom. The van der Waals surface area contributed by atoms with Gasteiger partial charge < -0.3 is 50.1 Å². The summed E-state index contributed by atoms with van der Waals surface area (Å²) >= 11 is 0. The molecule has 4 N–H and O–H groups in total. The third-order valence-corrected chi connectivity index (χ3v) is 5.94. The molecule has 4 atom stereocenters. The van der Waals surface area contributed by atoms with Crippen molar-refractivity contribution in [3.05, 3.63) is 0 Å². The summed E-state index contributed by atoms with van der Waals surface area (Å²) in [7, 11) is 0. The zero-order valence-electron chi connectivity index (χ0n) is 19.7. The van der Waals surface area contributed by atoms with E-state index >= 15 is 0 Å². The summed E-state index contributed by atoms with van der Waals surface area (Å²) in [5.41, 5.74) is 0. The second kappa shape index (κ2) is 17.8. The number of carboxylic acid groups (broad SMARTS) is 3. The van der Waals surface area contributed by atoms with E-state index in [2.05, 4.69) is 0 Å². The minimum absolute atomic E-state index is 0. The van der Waals surface area contributed by atoms with Gasteiger partial charge in [0.25, 0.3) is 0 Å². The Labute approximate surface area is 236 Å². The van der Waals surface area contributed by atoms with Crippen LogP contribution < -0.4 is 15.3 Å². The summed E-state index contributed by atoms with van der Waals surface area (Å²) in [6, 6.07) is -4.16. The predicted octanol–water partition coefficient (Wildman–Crippen LogP) is -8.08. The van der Waals surface area contributed by atoms with Crippen molar-refractivity contribution in [2.75, 3.05) is 78.7 Å². The van der Waals surface area contributed by atoms with Gasteiger partial charge in [-0.15, -0.1) is 0 Å². The standard InChI is InChI=1S/C20H38N4O10.Gd/c1-14(28)10-21-2-4-22(15(11-25)18(29)30)6-8-24(17(13-27)20(33)34)9-7-23(5-3-21)16(12-26)19(31)32;/h14-17,25-28H,2-13H2,1H3,(H,29,30)(H,31,32)(H,33,34);/q;+3/p-3. The second-order valence-electron chi connectivity index (χ2n) is 8.31. The van der Waals surface area contributed by atoms with Crippen LogP contribution in [0.5, 0.6) is 0 Å². The summed E-state index contributed by atoms with van der Waals surface area (Å²) in [5.74, 6) is -4.58. The van der Waals surface area contributed by atoms with Crippen molar-refractivity contribution in [1.29, 1.82) is 0 Å². The third-order valence-electron chi connectivity index (χ3n) is 5.94. The molecule has 15 heteroatoms. The number of nitrogens with zero attached hydrogens (tertiary/aromatic N) is 4. The Hall–Kier alpha value is -0.585. The van der Waals surface area contributed by atoms with Gasteiger partial charge in [-0.25, -0.2) is 0 Å². The van der Waals surface area contributed by atoms with Gasteiger partial charge in [0, 0.05) is 58.9 Å². The summed E-state index contributed by atoms with van der Waals surface area (Å²) in [4.78, 5) is 40.6. The first-order valence-electron chi connectivity index (χ1n) is 11.1. The maximum atomic E-state index is 11.6. The number of hydrogen-bond acceptors (Lipinski definition) is 14. The number of rotatable bonds is 11. The molecule has 0 aliphatic carbocycles. The molecular weight excluding hydrogens is 613 g/mol. The molecule has 0 saturated carbocycles. The van der Waals surface area contributed by atoms with Gasteiger partial charge in [0.2, 0.25) is 0 Å². The molecule has 35 heavy (non-hydrogen) atoms. The molecule has 0 spiro atoms. The maximum Gasteiger partial charge on any atom is 3.00 e. The van der Waals surface area contributed by atoms with Crippen molar-refractivity contribution in [3.63, 3.8) is 0 Å². The molecule has 0 aromatic carbocycles. The van der Waals surface area contributed by atoms with Crippen LogP contribution in [0.15, 0.2) is 0 Å². The van der Waals surface area contributed by atoms with Gasteiger partial charge in [-0.3, -0.25) is 19.6 Å². The fourth-order valence-corrected chi connectivity index (χ4v) is 4.01. The molecule has 4 unspecified atom stereocenters. The van der Waals surface area contributed by atoms with E-state index in [0.717, 1.165) is 0 Å². The van der Waals surface area contributed by atoms with E-state index in [1.165, 1.54) is 14.7 Å². The second-order valence-corrected chi connectivity index (χ2v) is 8.31. The summed E-state index contributed by atoms with van der Waals surface area (Å²) < 4.78 is 0. The van der Waals surface area contributed by atoms with Crippen LogP contribution >= 0.6 is 0 Å². The first-order chi connectivity index (χ1) is 16.0. The van der Waals surface area contributed by atoms with Crippen LogP contribution in [-0.4, -0.2) is 161 Å². The molecule has 1 rings (SSSR count). The van der Waals surface area contributed by atoms with Gasteiger partial charge in [0.1, 0.15) is 0 Å². The van der Waals surface area contributed by atoms with Gasteiger partial charge in [-0.2, -0.15) is 0 Å². The molecule has 1 aliphatic rings. The zero-order chi connectivity index (χ0) is 25.8. The van der Waals surface area contributed by atoms with Crippen molar-refractivity contribution in [1.82, 2.24) is 19.6 Å². The molecule has 0 aromatic heterocycles. The molecule has 14 nitrogen and oxygen atoms in total. The van der Waals surface area contributed by atoms with Crippen molar-refractivity contribution in [3.8, 4) is 0 Å². The van der Waals surface area contributed by atoms with Crippen LogP contribution in [0.25, 0.3) is 0 Å². The summed E-state index contributed by atoms with van der Waals surface area (Å²) in [5, 5.41) is 73.2. The zero-order valence-corrected chi connectivity index (χ0v) is 21.9. The van der Waals surface area contributed by atoms with Crippen molar-refractivity contribution in [2.45, 2.75) is 31.2 Å². The number of carbonyl (C=O) groups is 3. The Morgan fingerprint density at radius 3 is 1.11 bits per heavy atom. The topological polar surface area (TPSA) is 214 Å². The molecule has 1 saturated heterocycles. The molecule has 0 aromatic rings. The van der Waals surface area contributed by atoms with Gasteiger partial charge in [-0.05, 0) is 6.92 Å². The van der Waals surface area contributed by atoms with Crippen molar-refractivity contribution < 1.29 is 90.1 Å². The first-order valence-corrected chi connectivity index (χ1v) is 11.1. The number of aliphatic hydroxyl groups is 4. The molecule has 1 aliphatic heterocycles. The molecule has 203 valence electrons. The number of carboxylic acids is 3. The minimum Gasteiger partial charge on any atom is -0.548 e. The van der Waals surface area contributed by atoms with E-state index in [4.69, 9.17) is 0 Å². The Balaban J connectivity index is 0.0000116. The van der Waals surface area contributed by atoms with Crippen LogP contribution in [0.2, 0.25) is 0 Å². The largest absolute Gasteiger partial charge is 3.00 e. The van der Waals surface area contributed by atoms with E-state index in [-0.39, 0.29) is 98.8 Å². The van der Waals surface area contributed by atoms with Gasteiger partial charge in [-0.1, -0.05) is 0 Å². The Morgan fingerprint density at radius 1 is 0.657 bits per heavy atom. The summed E-state index contributed by atoms with van der Waals surface area (Å²) in [6.07, 6.45) is -0.733. The van der Waals surface area contributed by atoms with E-state index in [1.54, 1.807) is 11.8 Å². The molecule has 1 fully saturated rings. The van der Waals surface area contributed by atoms with Crippen molar-refractivity contribution in [2.24, 2.45) is 0 Å². The summed E-state index contributed by atoms with van der Waals surface area (Å²) in [6.45, 7) is 0.0537. The minimum atomic E-state index is -1.56. The van der Waals surface area contributed by atoms with Gasteiger partial charge in [0.05, 0.1) is 62.0 Å². The fourth-order valence-electron chi connectivity index (χ4n) is 4.01. The number of aliphatic carboxylic acids is 3. The predicted molar refractivity (Wildman–Crippen MR) is 110 cm³/mol. The van der Waals surface area contributed by atoms with Crippen LogP contribution in [0, 0.1) is 39.9 Å². The van der Waals surface area contributed by atoms with Crippen LogP contribution in [-0.2, 0) is 14.4 Å². The van der Waals surface area contributed by atoms with E-state index in [1.807, 2.05) is 0 Å². The normalized spacial score (nSPS) is 21.5. The Kier molecular flexibility index (Phi) is 17.5. The quantitative estimate of drug-likeness (QED) is 0.164. The van der Waals surface area contributed by atoms with Crippen LogP contribution in [0.1, 0.15) is 6.92 Å². The Bertz CT molecular complexity index is 621. The molecular formula is C20H35GdN4O10. The number of β-amino-alcohol motifs (C(OH)–C–C–N with tert-alkyl or cyclic N) is 1. The van der Waals surface area contributed by atoms with Gasteiger partial charge in [0.15, 0.2) is 0 Å². The number of aliphatic hydroxyl groups excluding tert-OH is 4. The average molecular weight is 649 g/mol. The van der Waals surface area contributed by atoms with Crippen LogP contribution in [0.4, 0.5) is 0 Å². The van der Waals surface area contributed by atoms with Crippen molar-refractivity contribution >= 4 is 17.9 Å². The first kappa shape index (κ1) is 34.4. The monoisotopic (exact) mass is 649 g/mol. The smallest absolute Gasteiger partial charge is 0.548 e. The maximum absolute atomic E-state index is 11.6. The molecule has 0 amide bonds. The molecule has 1 heterocycles. The average Bonchev–Trinajstić information content (AvgIpc) is 2.74.